The van der Waals surface area contributed by atoms with Crippen molar-refractivity contribution in [1.82, 2.24) is 4.90 Å². The normalized spacial score (nSPS) is 13.1. The van der Waals surface area contributed by atoms with Crippen LogP contribution in [-0.2, 0) is 4.79 Å². The first kappa shape index (κ1) is 14.4. The van der Waals surface area contributed by atoms with E-state index in [-0.39, 0.29) is 0 Å². The third-order valence-electron chi connectivity index (χ3n) is 2.66. The van der Waals surface area contributed by atoms with E-state index in [1.54, 1.807) is 0 Å². The fourth-order valence-corrected chi connectivity index (χ4v) is 1.86. The molecule has 0 amide bonds. The molecule has 0 saturated heterocycles. The van der Waals surface area contributed by atoms with Crippen LogP contribution in [0.15, 0.2) is 0 Å². The predicted octanol–water partition coefficient (Wildman–Crippen LogP) is 2.75. The first-order valence-electron chi connectivity index (χ1n) is 6.07. The lowest BCUT2D eigenvalue weighted by atomic mass is 10.1. The quantitative estimate of drug-likeness (QED) is 0.643. The first-order chi connectivity index (χ1) is 7.11. The highest BCUT2D eigenvalue weighted by molar-refractivity contribution is 5.66. The Balaban J connectivity index is 3.79. The minimum Gasteiger partial charge on any atom is -0.481 e. The van der Waals surface area contributed by atoms with Crippen LogP contribution in [-0.4, -0.2) is 35.1 Å². The van der Waals surface area contributed by atoms with Crippen LogP contribution in [0.25, 0.3) is 0 Å². The summed E-state index contributed by atoms with van der Waals surface area (Å²) in [5, 5.41) is 8.56. The van der Waals surface area contributed by atoms with Gasteiger partial charge in [0, 0.05) is 12.5 Å². The van der Waals surface area contributed by atoms with E-state index in [1.165, 1.54) is 12.8 Å². The Morgan fingerprint density at radius 3 is 2.20 bits per heavy atom. The molecule has 0 rings (SSSR count). The van der Waals surface area contributed by atoms with Gasteiger partial charge in [-0.3, -0.25) is 4.79 Å². The third-order valence-corrected chi connectivity index (χ3v) is 2.66. The predicted molar refractivity (Wildman–Crippen MR) is 63.1 cm³/mol. The highest BCUT2D eigenvalue weighted by Gasteiger charge is 2.11. The van der Waals surface area contributed by atoms with Crippen LogP contribution < -0.4 is 0 Å². The first-order valence-corrected chi connectivity index (χ1v) is 6.07. The van der Waals surface area contributed by atoms with Gasteiger partial charge in [-0.05, 0) is 45.7 Å². The zero-order valence-electron chi connectivity index (χ0n) is 10.3. The van der Waals surface area contributed by atoms with Crippen molar-refractivity contribution in [2.24, 2.45) is 0 Å². The Hall–Kier alpha value is -0.570. The van der Waals surface area contributed by atoms with Gasteiger partial charge < -0.3 is 10.0 Å². The van der Waals surface area contributed by atoms with E-state index < -0.39 is 5.97 Å². The maximum absolute atomic E-state index is 10.4. The number of carbonyl (C=O) groups is 1. The molecule has 0 saturated carbocycles. The largest absolute Gasteiger partial charge is 0.481 e. The topological polar surface area (TPSA) is 40.5 Å². The van der Waals surface area contributed by atoms with E-state index in [4.69, 9.17) is 5.11 Å². The molecule has 0 heterocycles. The summed E-state index contributed by atoms with van der Waals surface area (Å²) in [6.07, 6.45) is 4.43. The Morgan fingerprint density at radius 2 is 1.80 bits per heavy atom. The average molecular weight is 215 g/mol. The Morgan fingerprint density at radius 1 is 1.27 bits per heavy atom. The van der Waals surface area contributed by atoms with E-state index in [0.29, 0.717) is 12.5 Å². The molecule has 15 heavy (non-hydrogen) atoms. The zero-order valence-corrected chi connectivity index (χ0v) is 10.3. The summed E-state index contributed by atoms with van der Waals surface area (Å²) in [5.74, 6) is -0.681. The molecule has 0 aromatic carbocycles. The second kappa shape index (κ2) is 8.72. The Labute approximate surface area is 93.5 Å². The molecule has 3 heteroatoms. The molecular weight excluding hydrogens is 190 g/mol. The summed E-state index contributed by atoms with van der Waals surface area (Å²) < 4.78 is 0. The van der Waals surface area contributed by atoms with Gasteiger partial charge in [0.1, 0.15) is 0 Å². The van der Waals surface area contributed by atoms with Crippen molar-refractivity contribution in [3.05, 3.63) is 0 Å². The van der Waals surface area contributed by atoms with Crippen molar-refractivity contribution >= 4 is 5.97 Å². The van der Waals surface area contributed by atoms with E-state index >= 15 is 0 Å². The van der Waals surface area contributed by atoms with Gasteiger partial charge >= 0.3 is 5.97 Å². The average Bonchev–Trinajstić information content (AvgIpc) is 2.16. The van der Waals surface area contributed by atoms with Crippen LogP contribution >= 0.6 is 0 Å². The third kappa shape index (κ3) is 7.37. The maximum Gasteiger partial charge on any atom is 0.303 e. The van der Waals surface area contributed by atoms with E-state index in [1.807, 2.05) is 0 Å². The maximum atomic E-state index is 10.4. The van der Waals surface area contributed by atoms with Gasteiger partial charge in [0.25, 0.3) is 0 Å². The molecule has 1 unspecified atom stereocenters. The molecule has 0 aliphatic carbocycles. The number of aliphatic carboxylic acids is 1. The summed E-state index contributed by atoms with van der Waals surface area (Å²) in [5.41, 5.74) is 0. The molecule has 0 aliphatic heterocycles. The van der Waals surface area contributed by atoms with Gasteiger partial charge in [-0.2, -0.15) is 0 Å². The van der Waals surface area contributed by atoms with E-state index in [0.717, 1.165) is 25.9 Å². The molecule has 1 atom stereocenters. The van der Waals surface area contributed by atoms with Crippen molar-refractivity contribution in [2.75, 3.05) is 13.1 Å². The lowest BCUT2D eigenvalue weighted by Gasteiger charge is -2.28. The number of hydrogen-bond acceptors (Lipinski definition) is 2. The highest BCUT2D eigenvalue weighted by atomic mass is 16.4. The van der Waals surface area contributed by atoms with Gasteiger partial charge in [0.15, 0.2) is 0 Å². The fraction of sp³-hybridized carbons (Fsp3) is 0.917. The standard InChI is InChI=1S/C12H25NO2/c1-4-9-13(10-5-2)11(3)7-6-8-12(14)15/h11H,4-10H2,1-3H3,(H,14,15). The summed E-state index contributed by atoms with van der Waals surface area (Å²) in [6.45, 7) is 8.83. The van der Waals surface area contributed by atoms with Crippen LogP contribution in [0.5, 0.6) is 0 Å². The molecule has 0 aromatic rings. The van der Waals surface area contributed by atoms with Crippen LogP contribution in [0.3, 0.4) is 0 Å². The molecule has 0 radical (unpaired) electrons. The number of rotatable bonds is 9. The summed E-state index contributed by atoms with van der Waals surface area (Å²) >= 11 is 0. The SMILES string of the molecule is CCCN(CCC)C(C)CCCC(=O)O. The van der Waals surface area contributed by atoms with Crippen molar-refractivity contribution in [1.29, 1.82) is 0 Å². The minimum absolute atomic E-state index is 0.302. The smallest absolute Gasteiger partial charge is 0.303 e. The highest BCUT2D eigenvalue weighted by Crippen LogP contribution is 2.09. The molecule has 3 nitrogen and oxygen atoms in total. The van der Waals surface area contributed by atoms with Crippen LogP contribution in [0.4, 0.5) is 0 Å². The van der Waals surface area contributed by atoms with Gasteiger partial charge in [0.2, 0.25) is 0 Å². The lowest BCUT2D eigenvalue weighted by molar-refractivity contribution is -0.137. The van der Waals surface area contributed by atoms with Crippen LogP contribution in [0, 0.1) is 0 Å². The second-order valence-corrected chi connectivity index (χ2v) is 4.17. The monoisotopic (exact) mass is 215 g/mol. The number of carboxylic acids is 1. The molecule has 0 spiro atoms. The molecule has 90 valence electrons. The summed E-state index contributed by atoms with van der Waals surface area (Å²) in [6, 6.07) is 0.518. The number of carboxylic acid groups (broad SMARTS) is 1. The summed E-state index contributed by atoms with van der Waals surface area (Å²) in [4.78, 5) is 12.8. The summed E-state index contributed by atoms with van der Waals surface area (Å²) in [7, 11) is 0. The molecule has 1 N–H and O–H groups in total. The van der Waals surface area contributed by atoms with Crippen LogP contribution in [0.2, 0.25) is 0 Å². The molecule has 0 fully saturated rings. The zero-order chi connectivity index (χ0) is 11.7. The van der Waals surface area contributed by atoms with Crippen molar-refractivity contribution in [3.8, 4) is 0 Å². The van der Waals surface area contributed by atoms with E-state index in [2.05, 4.69) is 25.7 Å². The van der Waals surface area contributed by atoms with Crippen LogP contribution in [0.1, 0.15) is 52.9 Å². The number of nitrogens with zero attached hydrogens (tertiary/aromatic N) is 1. The minimum atomic E-state index is -0.681. The van der Waals surface area contributed by atoms with Gasteiger partial charge in [-0.1, -0.05) is 13.8 Å². The van der Waals surface area contributed by atoms with Crippen molar-refractivity contribution < 1.29 is 9.90 Å². The van der Waals surface area contributed by atoms with E-state index in [9.17, 15) is 4.79 Å². The van der Waals surface area contributed by atoms with Gasteiger partial charge in [-0.25, -0.2) is 0 Å². The lowest BCUT2D eigenvalue weighted by Crippen LogP contribution is -2.34. The Kier molecular flexibility index (Phi) is 8.38. The van der Waals surface area contributed by atoms with Crippen molar-refractivity contribution in [3.63, 3.8) is 0 Å². The molecule has 0 bridgehead atoms. The fourth-order valence-electron chi connectivity index (χ4n) is 1.86. The molecule has 0 aromatic heterocycles. The molecule has 0 aliphatic rings. The van der Waals surface area contributed by atoms with Gasteiger partial charge in [0.05, 0.1) is 0 Å². The molecular formula is C12H25NO2. The Bertz CT molecular complexity index is 165. The second-order valence-electron chi connectivity index (χ2n) is 4.17. The van der Waals surface area contributed by atoms with Gasteiger partial charge in [-0.15, -0.1) is 0 Å². The number of hydrogen-bond donors (Lipinski definition) is 1. The van der Waals surface area contributed by atoms with Crippen molar-refractivity contribution in [2.45, 2.75) is 58.9 Å².